The fourth-order valence-corrected chi connectivity index (χ4v) is 4.86. The molecule has 1 N–H and O–H groups in total. The molecule has 2 aliphatic rings. The van der Waals surface area contributed by atoms with Crippen molar-refractivity contribution < 1.29 is 4.79 Å². The van der Waals surface area contributed by atoms with E-state index >= 15 is 0 Å². The molecule has 1 saturated heterocycles. The first-order chi connectivity index (χ1) is 13.2. The SMILES string of the molecule is Cc1nc(C2CC2c2ccc(CN3CCNCC3=O)cc2)c2ccsc2n1. The molecular weight excluding hydrogens is 356 g/mol. The summed E-state index contributed by atoms with van der Waals surface area (Å²) in [4.78, 5) is 24.3. The van der Waals surface area contributed by atoms with Crippen LogP contribution in [-0.4, -0.2) is 40.4 Å². The highest BCUT2D eigenvalue weighted by Crippen LogP contribution is 2.55. The van der Waals surface area contributed by atoms with E-state index in [0.29, 0.717) is 24.9 Å². The summed E-state index contributed by atoms with van der Waals surface area (Å²) in [5.74, 6) is 2.08. The zero-order valence-corrected chi connectivity index (χ0v) is 16.1. The Labute approximate surface area is 162 Å². The largest absolute Gasteiger partial charge is 0.336 e. The van der Waals surface area contributed by atoms with E-state index in [1.54, 1.807) is 11.3 Å². The molecule has 1 aromatic carbocycles. The third-order valence-electron chi connectivity index (χ3n) is 5.58. The standard InChI is InChI=1S/C21H22N4OS/c1-13-23-20(16-6-9-27-21(16)24-13)18-10-17(18)15-4-2-14(3-5-15)12-25-8-7-22-11-19(25)26/h2-6,9,17-18,22H,7-8,10-12H2,1H3. The summed E-state index contributed by atoms with van der Waals surface area (Å²) in [5, 5.41) is 6.43. The van der Waals surface area contributed by atoms with Crippen LogP contribution < -0.4 is 5.32 Å². The maximum Gasteiger partial charge on any atom is 0.236 e. The molecule has 1 saturated carbocycles. The minimum atomic E-state index is 0.187. The zero-order chi connectivity index (χ0) is 18.4. The Balaban J connectivity index is 1.32. The van der Waals surface area contributed by atoms with Gasteiger partial charge in [-0.3, -0.25) is 4.79 Å². The molecule has 138 valence electrons. The molecule has 2 fully saturated rings. The van der Waals surface area contributed by atoms with Gasteiger partial charge in [-0.2, -0.15) is 0 Å². The van der Waals surface area contributed by atoms with Crippen molar-refractivity contribution in [2.75, 3.05) is 19.6 Å². The van der Waals surface area contributed by atoms with E-state index in [2.05, 4.69) is 46.0 Å². The monoisotopic (exact) mass is 378 g/mol. The minimum Gasteiger partial charge on any atom is -0.336 e. The smallest absolute Gasteiger partial charge is 0.236 e. The van der Waals surface area contributed by atoms with Crippen LogP contribution in [0.1, 0.15) is 40.9 Å². The lowest BCUT2D eigenvalue weighted by Crippen LogP contribution is -2.47. The zero-order valence-electron chi connectivity index (χ0n) is 15.3. The molecule has 27 heavy (non-hydrogen) atoms. The predicted molar refractivity (Wildman–Crippen MR) is 107 cm³/mol. The highest BCUT2D eigenvalue weighted by atomic mass is 32.1. The van der Waals surface area contributed by atoms with Gasteiger partial charge in [0.25, 0.3) is 0 Å². The van der Waals surface area contributed by atoms with Crippen LogP contribution in [0, 0.1) is 6.92 Å². The number of nitrogens with one attached hydrogen (secondary N) is 1. The van der Waals surface area contributed by atoms with Crippen molar-refractivity contribution in [3.05, 3.63) is 58.4 Å². The number of rotatable bonds is 4. The number of carbonyl (C=O) groups excluding carboxylic acids is 1. The second-order valence-corrected chi connectivity index (χ2v) is 8.37. The first kappa shape index (κ1) is 16.8. The van der Waals surface area contributed by atoms with E-state index in [-0.39, 0.29) is 5.91 Å². The first-order valence-corrected chi connectivity index (χ1v) is 10.4. The average molecular weight is 379 g/mol. The van der Waals surface area contributed by atoms with Crippen LogP contribution >= 0.6 is 11.3 Å². The fraction of sp³-hybridized carbons (Fsp3) is 0.381. The van der Waals surface area contributed by atoms with E-state index in [1.807, 2.05) is 11.8 Å². The molecule has 3 heterocycles. The van der Waals surface area contributed by atoms with E-state index in [9.17, 15) is 4.79 Å². The van der Waals surface area contributed by atoms with Crippen molar-refractivity contribution in [1.82, 2.24) is 20.2 Å². The third-order valence-corrected chi connectivity index (χ3v) is 6.38. The van der Waals surface area contributed by atoms with Crippen molar-refractivity contribution in [1.29, 1.82) is 0 Å². The number of carbonyl (C=O) groups is 1. The van der Waals surface area contributed by atoms with Gasteiger partial charge in [0.2, 0.25) is 5.91 Å². The van der Waals surface area contributed by atoms with Gasteiger partial charge in [-0.05, 0) is 41.8 Å². The summed E-state index contributed by atoms with van der Waals surface area (Å²) in [6.45, 7) is 4.80. The van der Waals surface area contributed by atoms with Crippen molar-refractivity contribution in [2.45, 2.75) is 31.7 Å². The van der Waals surface area contributed by atoms with E-state index in [1.165, 1.54) is 22.2 Å². The number of thiophene rings is 1. The number of fused-ring (bicyclic) bond motifs is 1. The fourth-order valence-electron chi connectivity index (χ4n) is 4.04. The van der Waals surface area contributed by atoms with Crippen LogP contribution in [0.15, 0.2) is 35.7 Å². The number of hydrogen-bond acceptors (Lipinski definition) is 5. The van der Waals surface area contributed by atoms with Crippen LogP contribution in [0.5, 0.6) is 0 Å². The van der Waals surface area contributed by atoms with Crippen LogP contribution in [-0.2, 0) is 11.3 Å². The van der Waals surface area contributed by atoms with Gasteiger partial charge in [-0.25, -0.2) is 9.97 Å². The number of benzene rings is 1. The van der Waals surface area contributed by atoms with Gasteiger partial charge < -0.3 is 10.2 Å². The molecule has 1 amide bonds. The highest BCUT2D eigenvalue weighted by Gasteiger charge is 2.41. The predicted octanol–water partition coefficient (Wildman–Crippen LogP) is 3.20. The molecule has 6 heteroatoms. The molecule has 2 atom stereocenters. The summed E-state index contributed by atoms with van der Waals surface area (Å²) in [7, 11) is 0. The quantitative estimate of drug-likeness (QED) is 0.757. The number of aromatic nitrogens is 2. The summed E-state index contributed by atoms with van der Waals surface area (Å²) in [6.07, 6.45) is 1.15. The number of amides is 1. The molecule has 2 aromatic heterocycles. The average Bonchev–Trinajstić information content (AvgIpc) is 3.33. The Kier molecular flexibility index (Phi) is 4.17. The second kappa shape index (κ2) is 6.69. The highest BCUT2D eigenvalue weighted by molar-refractivity contribution is 7.16. The van der Waals surface area contributed by atoms with Crippen molar-refractivity contribution in [3.8, 4) is 0 Å². The van der Waals surface area contributed by atoms with Gasteiger partial charge in [-0.15, -0.1) is 11.3 Å². The van der Waals surface area contributed by atoms with Crippen molar-refractivity contribution in [3.63, 3.8) is 0 Å². The Morgan fingerprint density at radius 3 is 2.85 bits per heavy atom. The van der Waals surface area contributed by atoms with Gasteiger partial charge in [0, 0.05) is 30.9 Å². The molecule has 2 unspecified atom stereocenters. The maximum atomic E-state index is 11.9. The van der Waals surface area contributed by atoms with Gasteiger partial charge in [0.1, 0.15) is 10.7 Å². The van der Waals surface area contributed by atoms with Crippen LogP contribution in [0.3, 0.4) is 0 Å². The number of nitrogens with zero attached hydrogens (tertiary/aromatic N) is 3. The normalized spacial score (nSPS) is 22.4. The molecule has 1 aliphatic carbocycles. The summed E-state index contributed by atoms with van der Waals surface area (Å²) < 4.78 is 0. The minimum absolute atomic E-state index is 0.187. The summed E-state index contributed by atoms with van der Waals surface area (Å²) >= 11 is 1.69. The molecule has 1 aliphatic heterocycles. The summed E-state index contributed by atoms with van der Waals surface area (Å²) in [6, 6.07) is 11.0. The molecule has 0 radical (unpaired) electrons. The lowest BCUT2D eigenvalue weighted by Gasteiger charge is -2.27. The Morgan fingerprint density at radius 1 is 1.19 bits per heavy atom. The first-order valence-electron chi connectivity index (χ1n) is 9.48. The Morgan fingerprint density at radius 2 is 2.04 bits per heavy atom. The van der Waals surface area contributed by atoms with Crippen LogP contribution in [0.2, 0.25) is 0 Å². The lowest BCUT2D eigenvalue weighted by atomic mass is 10.0. The van der Waals surface area contributed by atoms with Gasteiger partial charge in [0.15, 0.2) is 0 Å². The van der Waals surface area contributed by atoms with E-state index in [0.717, 1.165) is 30.2 Å². The Bertz CT molecular complexity index is 997. The summed E-state index contributed by atoms with van der Waals surface area (Å²) in [5.41, 5.74) is 3.78. The Hall–Kier alpha value is -2.31. The maximum absolute atomic E-state index is 11.9. The molecule has 0 bridgehead atoms. The molecular formula is C21H22N4OS. The number of piperazine rings is 1. The van der Waals surface area contributed by atoms with Gasteiger partial charge in [-0.1, -0.05) is 24.3 Å². The molecule has 0 spiro atoms. The topological polar surface area (TPSA) is 58.1 Å². The molecule has 3 aromatic rings. The van der Waals surface area contributed by atoms with Gasteiger partial charge >= 0.3 is 0 Å². The molecule has 5 rings (SSSR count). The number of aryl methyl sites for hydroxylation is 1. The van der Waals surface area contributed by atoms with Crippen molar-refractivity contribution >= 4 is 27.5 Å². The van der Waals surface area contributed by atoms with Crippen LogP contribution in [0.4, 0.5) is 0 Å². The second-order valence-electron chi connectivity index (χ2n) is 7.48. The van der Waals surface area contributed by atoms with Crippen molar-refractivity contribution in [2.24, 2.45) is 0 Å². The van der Waals surface area contributed by atoms with E-state index < -0.39 is 0 Å². The molecule has 5 nitrogen and oxygen atoms in total. The van der Waals surface area contributed by atoms with Gasteiger partial charge in [0.05, 0.1) is 12.2 Å². The lowest BCUT2D eigenvalue weighted by molar-refractivity contribution is -0.132. The third kappa shape index (κ3) is 3.24. The van der Waals surface area contributed by atoms with E-state index in [4.69, 9.17) is 4.98 Å². The van der Waals surface area contributed by atoms with Crippen LogP contribution in [0.25, 0.3) is 10.2 Å². The number of hydrogen-bond donors (Lipinski definition) is 1.